The smallest absolute Gasteiger partial charge is 0.325 e. The molecule has 8 heteroatoms. The first-order valence-corrected chi connectivity index (χ1v) is 10.0. The Kier molecular flexibility index (Phi) is 5.44. The number of fused-ring (bicyclic) bond motifs is 1. The summed E-state index contributed by atoms with van der Waals surface area (Å²) in [5, 5.41) is 7.46. The van der Waals surface area contributed by atoms with E-state index in [-0.39, 0.29) is 0 Å². The number of urea groups is 1. The first-order valence-electron chi connectivity index (χ1n) is 10.0. The molecule has 0 unspecified atom stereocenters. The Hall–Kier alpha value is -4.07. The van der Waals surface area contributed by atoms with Crippen molar-refractivity contribution >= 4 is 34.3 Å². The normalized spacial score (nSPS) is 17.9. The van der Waals surface area contributed by atoms with E-state index in [1.165, 1.54) is 14.2 Å². The zero-order valence-corrected chi connectivity index (χ0v) is 18.0. The fraction of sp³-hybridized carbons (Fsp3) is 0.208. The van der Waals surface area contributed by atoms with Crippen LogP contribution < -0.4 is 20.1 Å². The zero-order chi connectivity index (χ0) is 22.9. The predicted octanol–water partition coefficient (Wildman–Crippen LogP) is 3.26. The maximum Gasteiger partial charge on any atom is 0.325 e. The Bertz CT molecular complexity index is 1230. The van der Waals surface area contributed by atoms with Crippen molar-refractivity contribution in [2.45, 2.75) is 12.5 Å². The van der Waals surface area contributed by atoms with E-state index >= 15 is 0 Å². The van der Waals surface area contributed by atoms with Gasteiger partial charge in [-0.05, 0) is 47.5 Å². The molecule has 1 fully saturated rings. The topological polar surface area (TPSA) is 97.0 Å². The highest BCUT2D eigenvalue weighted by Gasteiger charge is 2.49. The number of nitrogens with one attached hydrogen (secondary N) is 2. The van der Waals surface area contributed by atoms with Gasteiger partial charge in [0, 0.05) is 5.69 Å². The third kappa shape index (κ3) is 3.71. The van der Waals surface area contributed by atoms with Crippen molar-refractivity contribution in [2.24, 2.45) is 0 Å². The predicted molar refractivity (Wildman–Crippen MR) is 120 cm³/mol. The van der Waals surface area contributed by atoms with Crippen LogP contribution in [0.5, 0.6) is 11.5 Å². The Morgan fingerprint density at radius 1 is 0.969 bits per heavy atom. The van der Waals surface area contributed by atoms with Crippen molar-refractivity contribution in [1.29, 1.82) is 0 Å². The molecular weight excluding hydrogens is 410 g/mol. The average molecular weight is 433 g/mol. The molecule has 0 saturated carbocycles. The number of anilines is 1. The Balaban J connectivity index is 1.51. The number of methoxy groups -OCH3 is 2. The molecule has 1 heterocycles. The van der Waals surface area contributed by atoms with E-state index in [4.69, 9.17) is 9.47 Å². The molecular formula is C24H23N3O5. The molecule has 1 saturated heterocycles. The van der Waals surface area contributed by atoms with E-state index in [1.807, 2.05) is 36.4 Å². The quantitative estimate of drug-likeness (QED) is 0.582. The molecule has 0 aromatic heterocycles. The van der Waals surface area contributed by atoms with Gasteiger partial charge in [-0.1, -0.05) is 36.4 Å². The van der Waals surface area contributed by atoms with Gasteiger partial charge >= 0.3 is 6.03 Å². The zero-order valence-electron chi connectivity index (χ0n) is 18.0. The lowest BCUT2D eigenvalue weighted by atomic mass is 9.91. The first kappa shape index (κ1) is 21.2. The van der Waals surface area contributed by atoms with Crippen LogP contribution in [-0.2, 0) is 15.1 Å². The van der Waals surface area contributed by atoms with Gasteiger partial charge in [0.1, 0.15) is 12.1 Å². The summed E-state index contributed by atoms with van der Waals surface area (Å²) in [5.74, 6) is -0.0623. The van der Waals surface area contributed by atoms with Crippen molar-refractivity contribution in [2.75, 3.05) is 26.1 Å². The number of carbonyl (C=O) groups is 3. The third-order valence-electron chi connectivity index (χ3n) is 5.57. The number of hydrogen-bond acceptors (Lipinski definition) is 5. The second-order valence-corrected chi connectivity index (χ2v) is 7.63. The lowest BCUT2D eigenvalue weighted by Crippen LogP contribution is -2.42. The van der Waals surface area contributed by atoms with Gasteiger partial charge in [0.25, 0.3) is 5.91 Å². The van der Waals surface area contributed by atoms with Crippen LogP contribution in [-0.4, -0.2) is 43.5 Å². The summed E-state index contributed by atoms with van der Waals surface area (Å²) in [6.07, 6.45) is 0. The van der Waals surface area contributed by atoms with Gasteiger partial charge < -0.3 is 20.1 Å². The van der Waals surface area contributed by atoms with Crippen LogP contribution in [0.2, 0.25) is 0 Å². The van der Waals surface area contributed by atoms with Gasteiger partial charge in [0.2, 0.25) is 5.91 Å². The largest absolute Gasteiger partial charge is 0.493 e. The minimum Gasteiger partial charge on any atom is -0.493 e. The maximum absolute atomic E-state index is 13.1. The van der Waals surface area contributed by atoms with Crippen LogP contribution >= 0.6 is 0 Å². The SMILES string of the molecule is COc1ccc([C@@]2(C)NC(=O)N(CC(=O)Nc3ccc4ccccc4c3)C2=O)cc1OC. The van der Waals surface area contributed by atoms with Crippen LogP contribution in [0.25, 0.3) is 10.8 Å². The van der Waals surface area contributed by atoms with Gasteiger partial charge in [0.15, 0.2) is 11.5 Å². The van der Waals surface area contributed by atoms with Crippen molar-refractivity contribution in [3.05, 3.63) is 66.2 Å². The van der Waals surface area contributed by atoms with Gasteiger partial charge in [-0.2, -0.15) is 0 Å². The summed E-state index contributed by atoms with van der Waals surface area (Å²) < 4.78 is 10.5. The Labute approximate surface area is 185 Å². The molecule has 1 atom stereocenters. The van der Waals surface area contributed by atoms with Crippen LogP contribution in [0.1, 0.15) is 12.5 Å². The summed E-state index contributed by atoms with van der Waals surface area (Å²) in [6.45, 7) is 1.19. The van der Waals surface area contributed by atoms with E-state index in [2.05, 4.69) is 10.6 Å². The number of ether oxygens (including phenoxy) is 2. The highest BCUT2D eigenvalue weighted by molar-refractivity contribution is 6.10. The van der Waals surface area contributed by atoms with Gasteiger partial charge in [-0.25, -0.2) is 4.79 Å². The minimum atomic E-state index is -1.33. The van der Waals surface area contributed by atoms with E-state index in [1.54, 1.807) is 31.2 Å². The molecule has 1 aliphatic rings. The van der Waals surface area contributed by atoms with E-state index < -0.39 is 29.9 Å². The highest BCUT2D eigenvalue weighted by Crippen LogP contribution is 2.35. The fourth-order valence-corrected chi connectivity index (χ4v) is 3.79. The van der Waals surface area contributed by atoms with Gasteiger partial charge in [-0.3, -0.25) is 14.5 Å². The van der Waals surface area contributed by atoms with E-state index in [0.717, 1.165) is 15.7 Å². The molecule has 164 valence electrons. The highest BCUT2D eigenvalue weighted by atomic mass is 16.5. The number of amides is 4. The van der Waals surface area contributed by atoms with E-state index in [0.29, 0.717) is 22.7 Å². The molecule has 8 nitrogen and oxygen atoms in total. The fourth-order valence-electron chi connectivity index (χ4n) is 3.79. The third-order valence-corrected chi connectivity index (χ3v) is 5.57. The molecule has 4 amide bonds. The number of hydrogen-bond donors (Lipinski definition) is 2. The van der Waals surface area contributed by atoms with Crippen LogP contribution in [0.4, 0.5) is 10.5 Å². The van der Waals surface area contributed by atoms with Crippen molar-refractivity contribution < 1.29 is 23.9 Å². The second-order valence-electron chi connectivity index (χ2n) is 7.63. The molecule has 0 aliphatic carbocycles. The molecule has 0 radical (unpaired) electrons. The van der Waals surface area contributed by atoms with Crippen LogP contribution in [0, 0.1) is 0 Å². The molecule has 1 aliphatic heterocycles. The van der Waals surface area contributed by atoms with Gasteiger partial charge in [-0.15, -0.1) is 0 Å². The summed E-state index contributed by atoms with van der Waals surface area (Å²) >= 11 is 0. The average Bonchev–Trinajstić information content (AvgIpc) is 3.02. The summed E-state index contributed by atoms with van der Waals surface area (Å²) in [4.78, 5) is 39.2. The lowest BCUT2D eigenvalue weighted by molar-refractivity contribution is -0.133. The summed E-state index contributed by atoms with van der Waals surface area (Å²) in [6, 6.07) is 17.6. The Morgan fingerprint density at radius 2 is 1.69 bits per heavy atom. The molecule has 4 rings (SSSR count). The molecule has 3 aromatic rings. The number of rotatable bonds is 6. The van der Waals surface area contributed by atoms with Crippen molar-refractivity contribution in [3.8, 4) is 11.5 Å². The minimum absolute atomic E-state index is 0.402. The monoisotopic (exact) mass is 433 g/mol. The van der Waals surface area contributed by atoms with Crippen molar-refractivity contribution in [3.63, 3.8) is 0 Å². The molecule has 32 heavy (non-hydrogen) atoms. The van der Waals surface area contributed by atoms with Crippen LogP contribution in [0.15, 0.2) is 60.7 Å². The number of carbonyl (C=O) groups excluding carboxylic acids is 3. The number of imide groups is 1. The number of nitrogens with zero attached hydrogens (tertiary/aromatic N) is 1. The summed E-state index contributed by atoms with van der Waals surface area (Å²) in [5.41, 5.74) is -0.228. The van der Waals surface area contributed by atoms with Crippen molar-refractivity contribution in [1.82, 2.24) is 10.2 Å². The maximum atomic E-state index is 13.1. The van der Waals surface area contributed by atoms with Gasteiger partial charge in [0.05, 0.1) is 14.2 Å². The van der Waals surface area contributed by atoms with E-state index in [9.17, 15) is 14.4 Å². The summed E-state index contributed by atoms with van der Waals surface area (Å²) in [7, 11) is 3.00. The second kappa shape index (κ2) is 8.22. The number of benzene rings is 3. The lowest BCUT2D eigenvalue weighted by Gasteiger charge is -2.23. The van der Waals surface area contributed by atoms with Crippen LogP contribution in [0.3, 0.4) is 0 Å². The molecule has 0 spiro atoms. The standard InChI is InChI=1S/C24H23N3O5/c1-24(17-9-11-19(31-2)20(13-17)32-3)22(29)27(23(30)26-24)14-21(28)25-18-10-8-15-6-4-5-7-16(15)12-18/h4-13H,14H2,1-3H3,(H,25,28)(H,26,30)/t24-/m1/s1. The Morgan fingerprint density at radius 3 is 2.41 bits per heavy atom. The first-order chi connectivity index (χ1) is 15.4. The molecule has 3 aromatic carbocycles. The molecule has 2 N–H and O–H groups in total. The molecule has 0 bridgehead atoms.